The van der Waals surface area contributed by atoms with Crippen LogP contribution in [0.3, 0.4) is 0 Å². The average molecular weight is 425 g/mol. The fourth-order valence-corrected chi connectivity index (χ4v) is 3.51. The molecule has 0 atom stereocenters. The predicted octanol–water partition coefficient (Wildman–Crippen LogP) is 5.69. The van der Waals surface area contributed by atoms with Gasteiger partial charge in [0, 0.05) is 15.1 Å². The van der Waals surface area contributed by atoms with Gasteiger partial charge < -0.3 is 0 Å². The molecule has 132 valence electrons. The molecular formula is C18H12Cl3N3OS. The number of rotatable bonds is 4. The highest BCUT2D eigenvalue weighted by molar-refractivity contribution is 8.15. The zero-order valence-corrected chi connectivity index (χ0v) is 16.4. The minimum atomic E-state index is -0.0686. The minimum absolute atomic E-state index is 0.0686. The first-order chi connectivity index (χ1) is 12.5. The molecule has 0 spiro atoms. The summed E-state index contributed by atoms with van der Waals surface area (Å²) >= 11 is 19.4. The standard InChI is InChI=1S/C18H12Cl3N3OS/c19-13-6-4-12(5-7-13)16(21)8-9-22-23-18-24(17(25)11-26-18)15-3-1-2-14(20)10-15/h1-10H,11H2. The fraction of sp³-hybridized carbons (Fsp3) is 0.0556. The van der Waals surface area contributed by atoms with Crippen molar-refractivity contribution in [3.05, 3.63) is 70.2 Å². The van der Waals surface area contributed by atoms with Crippen LogP contribution in [0.5, 0.6) is 0 Å². The Bertz CT molecular complexity index is 910. The van der Waals surface area contributed by atoms with Crippen LogP contribution in [0.15, 0.2) is 64.8 Å². The number of halogens is 3. The lowest BCUT2D eigenvalue weighted by Crippen LogP contribution is -2.28. The lowest BCUT2D eigenvalue weighted by Gasteiger charge is -2.15. The van der Waals surface area contributed by atoms with Crippen LogP contribution in [0.2, 0.25) is 10.0 Å². The lowest BCUT2D eigenvalue weighted by molar-refractivity contribution is -0.115. The number of amidine groups is 1. The Morgan fingerprint density at radius 3 is 2.62 bits per heavy atom. The monoisotopic (exact) mass is 423 g/mol. The molecule has 0 saturated carbocycles. The van der Waals surface area contributed by atoms with E-state index in [1.165, 1.54) is 22.9 Å². The third kappa shape index (κ3) is 4.68. The first-order valence-electron chi connectivity index (χ1n) is 7.48. The summed E-state index contributed by atoms with van der Waals surface area (Å²) in [5.74, 6) is 0.239. The van der Waals surface area contributed by atoms with Crippen molar-refractivity contribution in [3.63, 3.8) is 0 Å². The fourth-order valence-electron chi connectivity index (χ4n) is 2.19. The largest absolute Gasteiger partial charge is 0.273 e. The summed E-state index contributed by atoms with van der Waals surface area (Å²) in [7, 11) is 0. The SMILES string of the molecule is O=C1CSC(=NN=CC=C(Cl)c2ccc(Cl)cc2)N1c1cccc(Cl)c1. The van der Waals surface area contributed by atoms with Crippen LogP contribution in [-0.2, 0) is 4.79 Å². The molecule has 1 amide bonds. The number of amides is 1. The maximum atomic E-state index is 12.1. The summed E-state index contributed by atoms with van der Waals surface area (Å²) in [6, 6.07) is 14.2. The Morgan fingerprint density at radius 1 is 1.12 bits per heavy atom. The summed E-state index contributed by atoms with van der Waals surface area (Å²) < 4.78 is 0. The van der Waals surface area contributed by atoms with Crippen molar-refractivity contribution >= 4 is 74.6 Å². The van der Waals surface area contributed by atoms with E-state index >= 15 is 0 Å². The molecule has 3 rings (SSSR count). The zero-order chi connectivity index (χ0) is 18.5. The second-order valence-electron chi connectivity index (χ2n) is 5.17. The van der Waals surface area contributed by atoms with Gasteiger partial charge in [0.1, 0.15) is 0 Å². The van der Waals surface area contributed by atoms with Crippen molar-refractivity contribution in [2.24, 2.45) is 10.2 Å². The molecule has 1 aliphatic heterocycles. The average Bonchev–Trinajstić information content (AvgIpc) is 2.99. The van der Waals surface area contributed by atoms with E-state index in [4.69, 9.17) is 34.8 Å². The number of hydrogen-bond donors (Lipinski definition) is 0. The third-order valence-corrected chi connectivity index (χ3v) is 5.13. The second kappa shape index (κ2) is 8.73. The Balaban J connectivity index is 1.76. The Morgan fingerprint density at radius 2 is 1.88 bits per heavy atom. The van der Waals surface area contributed by atoms with Crippen LogP contribution >= 0.6 is 46.6 Å². The van der Waals surface area contributed by atoms with Gasteiger partial charge >= 0.3 is 0 Å². The zero-order valence-electron chi connectivity index (χ0n) is 13.3. The van der Waals surface area contributed by atoms with Gasteiger partial charge in [0.2, 0.25) is 5.91 Å². The molecule has 4 nitrogen and oxygen atoms in total. The number of benzene rings is 2. The highest BCUT2D eigenvalue weighted by Gasteiger charge is 2.29. The smallest absolute Gasteiger partial charge is 0.243 e. The molecule has 0 N–H and O–H groups in total. The van der Waals surface area contributed by atoms with Crippen molar-refractivity contribution in [1.29, 1.82) is 0 Å². The van der Waals surface area contributed by atoms with Crippen LogP contribution in [0.25, 0.3) is 5.03 Å². The van der Waals surface area contributed by atoms with E-state index in [2.05, 4.69) is 10.2 Å². The molecule has 1 aliphatic rings. The van der Waals surface area contributed by atoms with Crippen LogP contribution in [0, 0.1) is 0 Å². The van der Waals surface area contributed by atoms with E-state index in [1.54, 1.807) is 42.5 Å². The number of carbonyl (C=O) groups is 1. The topological polar surface area (TPSA) is 45.0 Å². The highest BCUT2D eigenvalue weighted by Crippen LogP contribution is 2.28. The molecule has 0 bridgehead atoms. The molecule has 26 heavy (non-hydrogen) atoms. The van der Waals surface area contributed by atoms with Gasteiger partial charge in [-0.3, -0.25) is 9.69 Å². The number of hydrogen-bond acceptors (Lipinski definition) is 4. The van der Waals surface area contributed by atoms with Crippen LogP contribution in [0.1, 0.15) is 5.56 Å². The Labute approximate surface area is 170 Å². The minimum Gasteiger partial charge on any atom is -0.273 e. The number of nitrogens with zero attached hydrogens (tertiary/aromatic N) is 3. The molecule has 0 radical (unpaired) electrons. The van der Waals surface area contributed by atoms with E-state index in [9.17, 15) is 4.79 Å². The molecule has 2 aromatic rings. The summed E-state index contributed by atoms with van der Waals surface area (Å²) in [6.45, 7) is 0. The first-order valence-corrected chi connectivity index (χ1v) is 9.60. The maximum Gasteiger partial charge on any atom is 0.243 e. The Kier molecular flexibility index (Phi) is 6.38. The van der Waals surface area contributed by atoms with Crippen molar-refractivity contribution in [2.45, 2.75) is 0 Å². The van der Waals surface area contributed by atoms with Gasteiger partial charge in [0.05, 0.1) is 17.7 Å². The van der Waals surface area contributed by atoms with Gasteiger partial charge in [-0.05, 0) is 42.0 Å². The van der Waals surface area contributed by atoms with Gasteiger partial charge in [0.25, 0.3) is 0 Å². The van der Waals surface area contributed by atoms with Gasteiger partial charge in [-0.25, -0.2) is 0 Å². The highest BCUT2D eigenvalue weighted by atomic mass is 35.5. The maximum absolute atomic E-state index is 12.1. The molecular weight excluding hydrogens is 413 g/mol. The molecule has 1 saturated heterocycles. The number of carbonyl (C=O) groups excluding carboxylic acids is 1. The summed E-state index contributed by atoms with van der Waals surface area (Å²) in [4.78, 5) is 13.6. The molecule has 2 aromatic carbocycles. The molecule has 1 fully saturated rings. The van der Waals surface area contributed by atoms with Gasteiger partial charge in [0.15, 0.2) is 5.17 Å². The van der Waals surface area contributed by atoms with E-state index in [0.29, 0.717) is 31.7 Å². The van der Waals surface area contributed by atoms with Crippen LogP contribution < -0.4 is 4.90 Å². The normalized spacial score (nSPS) is 16.9. The van der Waals surface area contributed by atoms with E-state index in [1.807, 2.05) is 12.1 Å². The number of thioether (sulfide) groups is 1. The van der Waals surface area contributed by atoms with Crippen LogP contribution in [0.4, 0.5) is 5.69 Å². The quantitative estimate of drug-likeness (QED) is 0.467. The molecule has 0 aromatic heterocycles. The van der Waals surface area contributed by atoms with E-state index < -0.39 is 0 Å². The summed E-state index contributed by atoms with van der Waals surface area (Å²) in [6.07, 6.45) is 3.10. The molecule has 0 unspecified atom stereocenters. The summed E-state index contributed by atoms with van der Waals surface area (Å²) in [5.41, 5.74) is 1.48. The van der Waals surface area contributed by atoms with Crippen molar-refractivity contribution in [3.8, 4) is 0 Å². The number of anilines is 1. The Hall–Kier alpha value is -1.79. The van der Waals surface area contributed by atoms with Gasteiger partial charge in [-0.15, -0.1) is 5.10 Å². The first kappa shape index (κ1) is 19.0. The van der Waals surface area contributed by atoms with Gasteiger partial charge in [-0.1, -0.05) is 64.8 Å². The number of allylic oxidation sites excluding steroid dienone is 1. The van der Waals surface area contributed by atoms with Gasteiger partial charge in [-0.2, -0.15) is 5.10 Å². The van der Waals surface area contributed by atoms with Crippen LogP contribution in [-0.4, -0.2) is 23.0 Å². The van der Waals surface area contributed by atoms with Crippen molar-refractivity contribution in [1.82, 2.24) is 0 Å². The predicted molar refractivity (Wildman–Crippen MR) is 113 cm³/mol. The molecule has 8 heteroatoms. The summed E-state index contributed by atoms with van der Waals surface area (Å²) in [5, 5.41) is 10.3. The van der Waals surface area contributed by atoms with Crippen molar-refractivity contribution < 1.29 is 4.79 Å². The molecule has 0 aliphatic carbocycles. The van der Waals surface area contributed by atoms with E-state index in [0.717, 1.165) is 5.56 Å². The van der Waals surface area contributed by atoms with Crippen molar-refractivity contribution in [2.75, 3.05) is 10.7 Å². The van der Waals surface area contributed by atoms with E-state index in [-0.39, 0.29) is 5.91 Å². The lowest BCUT2D eigenvalue weighted by atomic mass is 10.2. The molecule has 1 heterocycles. The third-order valence-electron chi connectivity index (χ3n) is 3.38. The second-order valence-corrected chi connectivity index (χ2v) is 7.39.